The van der Waals surface area contributed by atoms with Crippen molar-refractivity contribution in [3.8, 4) is 0 Å². The van der Waals surface area contributed by atoms with E-state index in [2.05, 4.69) is 48.4 Å². The van der Waals surface area contributed by atoms with Gasteiger partial charge in [-0.25, -0.2) is 0 Å². The lowest BCUT2D eigenvalue weighted by molar-refractivity contribution is 0.134. The quantitative estimate of drug-likeness (QED) is 0.396. The summed E-state index contributed by atoms with van der Waals surface area (Å²) in [6.07, 6.45) is 4.05. The van der Waals surface area contributed by atoms with Crippen molar-refractivity contribution in [1.82, 2.24) is 5.32 Å². The third-order valence-electron chi connectivity index (χ3n) is 3.36. The fourth-order valence-corrected chi connectivity index (χ4v) is 1.85. The molecule has 3 N–H and O–H groups in total. The second-order valence-electron chi connectivity index (χ2n) is 5.28. The van der Waals surface area contributed by atoms with Gasteiger partial charge >= 0.3 is 0 Å². The highest BCUT2D eigenvalue weighted by atomic mass is 16.5. The predicted molar refractivity (Wildman–Crippen MR) is 89.6 cm³/mol. The first kappa shape index (κ1) is 17.5. The molecule has 118 valence electrons. The van der Waals surface area contributed by atoms with E-state index in [9.17, 15) is 0 Å². The number of unbranched alkanes of at least 4 members (excludes halogenated alkanes) is 1. The van der Waals surface area contributed by atoms with Crippen molar-refractivity contribution in [3.05, 3.63) is 35.9 Å². The molecule has 1 aromatic rings. The van der Waals surface area contributed by atoms with Gasteiger partial charge in [-0.1, -0.05) is 37.3 Å². The maximum absolute atomic E-state index is 5.78. The van der Waals surface area contributed by atoms with E-state index < -0.39 is 0 Å². The Kier molecular flexibility index (Phi) is 9.29. The first-order chi connectivity index (χ1) is 10.2. The van der Waals surface area contributed by atoms with Crippen LogP contribution in [-0.4, -0.2) is 31.8 Å². The molecule has 1 atom stereocenters. The van der Waals surface area contributed by atoms with Crippen LogP contribution in [0.25, 0.3) is 0 Å². The predicted octanol–water partition coefficient (Wildman–Crippen LogP) is 2.73. The first-order valence-corrected chi connectivity index (χ1v) is 7.90. The number of benzene rings is 1. The number of nitrogens with one attached hydrogen (secondary N) is 1. The fourth-order valence-electron chi connectivity index (χ4n) is 1.85. The van der Waals surface area contributed by atoms with Crippen LogP contribution in [0, 0.1) is 0 Å². The smallest absolute Gasteiger partial charge is 0.188 e. The van der Waals surface area contributed by atoms with E-state index in [0.717, 1.165) is 45.4 Å². The molecule has 0 saturated heterocycles. The van der Waals surface area contributed by atoms with Crippen LogP contribution in [0.15, 0.2) is 35.3 Å². The Morgan fingerprint density at radius 1 is 1.24 bits per heavy atom. The Morgan fingerprint density at radius 2 is 2.00 bits per heavy atom. The van der Waals surface area contributed by atoms with E-state index >= 15 is 0 Å². The minimum atomic E-state index is 0.384. The van der Waals surface area contributed by atoms with Gasteiger partial charge in [-0.05, 0) is 38.2 Å². The molecule has 0 radical (unpaired) electrons. The maximum Gasteiger partial charge on any atom is 0.188 e. The second-order valence-corrected chi connectivity index (χ2v) is 5.28. The van der Waals surface area contributed by atoms with E-state index in [-0.39, 0.29) is 0 Å². The standard InChI is InChI=1S/C17H29N3O/c1-3-15(2)20-17(18)19-12-7-8-13-21-14-11-16-9-5-4-6-10-16/h4-6,9-10,15H,3,7-8,11-14H2,1-2H3,(H3,18,19,20). The number of hydrogen-bond donors (Lipinski definition) is 2. The summed E-state index contributed by atoms with van der Waals surface area (Å²) in [5, 5.41) is 3.16. The van der Waals surface area contributed by atoms with Gasteiger partial charge in [-0.3, -0.25) is 4.99 Å². The van der Waals surface area contributed by atoms with Crippen molar-refractivity contribution in [1.29, 1.82) is 0 Å². The molecule has 0 aliphatic carbocycles. The Labute approximate surface area is 128 Å². The Bertz CT molecular complexity index is 392. The van der Waals surface area contributed by atoms with Crippen LogP contribution in [0.2, 0.25) is 0 Å². The summed E-state index contributed by atoms with van der Waals surface area (Å²) < 4.78 is 5.63. The lowest BCUT2D eigenvalue weighted by Gasteiger charge is -2.11. The molecule has 1 unspecified atom stereocenters. The molecule has 0 spiro atoms. The fraction of sp³-hybridized carbons (Fsp3) is 0.588. The molecule has 0 bridgehead atoms. The number of nitrogens with zero attached hydrogens (tertiary/aromatic N) is 1. The third-order valence-corrected chi connectivity index (χ3v) is 3.36. The zero-order valence-corrected chi connectivity index (χ0v) is 13.3. The van der Waals surface area contributed by atoms with E-state index in [1.807, 2.05) is 6.07 Å². The van der Waals surface area contributed by atoms with Gasteiger partial charge in [0.1, 0.15) is 0 Å². The van der Waals surface area contributed by atoms with Gasteiger partial charge in [0.05, 0.1) is 6.61 Å². The van der Waals surface area contributed by atoms with E-state index in [1.54, 1.807) is 0 Å². The molecule has 0 aliphatic rings. The maximum atomic E-state index is 5.78. The van der Waals surface area contributed by atoms with E-state index in [4.69, 9.17) is 10.5 Å². The molecule has 21 heavy (non-hydrogen) atoms. The number of hydrogen-bond acceptors (Lipinski definition) is 2. The zero-order chi connectivity index (χ0) is 15.3. The molecule has 0 saturated carbocycles. The molecular weight excluding hydrogens is 262 g/mol. The molecule has 4 heteroatoms. The first-order valence-electron chi connectivity index (χ1n) is 7.90. The highest BCUT2D eigenvalue weighted by Crippen LogP contribution is 2.00. The van der Waals surface area contributed by atoms with Gasteiger partial charge in [0.2, 0.25) is 0 Å². The van der Waals surface area contributed by atoms with Crippen LogP contribution >= 0.6 is 0 Å². The van der Waals surface area contributed by atoms with Crippen molar-refractivity contribution in [3.63, 3.8) is 0 Å². The second kappa shape index (κ2) is 11.1. The molecule has 0 amide bonds. The van der Waals surface area contributed by atoms with E-state index in [1.165, 1.54) is 5.56 Å². The van der Waals surface area contributed by atoms with Gasteiger partial charge in [0.25, 0.3) is 0 Å². The Hall–Kier alpha value is -1.55. The molecule has 0 fully saturated rings. The van der Waals surface area contributed by atoms with E-state index in [0.29, 0.717) is 12.0 Å². The average Bonchev–Trinajstić information content (AvgIpc) is 2.50. The van der Waals surface area contributed by atoms with Crippen LogP contribution in [-0.2, 0) is 11.2 Å². The minimum Gasteiger partial charge on any atom is -0.381 e. The lowest BCUT2D eigenvalue weighted by Crippen LogP contribution is -2.38. The van der Waals surface area contributed by atoms with Crippen LogP contribution in [0.4, 0.5) is 0 Å². The summed E-state index contributed by atoms with van der Waals surface area (Å²) in [6, 6.07) is 10.8. The summed E-state index contributed by atoms with van der Waals surface area (Å²) in [5.74, 6) is 0.550. The van der Waals surface area contributed by atoms with Gasteiger partial charge in [0, 0.05) is 19.2 Å². The monoisotopic (exact) mass is 291 g/mol. The number of ether oxygens (including phenoxy) is 1. The zero-order valence-electron chi connectivity index (χ0n) is 13.3. The third kappa shape index (κ3) is 9.08. The van der Waals surface area contributed by atoms with Crippen molar-refractivity contribution in [2.24, 2.45) is 10.7 Å². The van der Waals surface area contributed by atoms with Crippen molar-refractivity contribution in [2.75, 3.05) is 19.8 Å². The van der Waals surface area contributed by atoms with Gasteiger partial charge in [-0.2, -0.15) is 0 Å². The highest BCUT2D eigenvalue weighted by Gasteiger charge is 1.98. The van der Waals surface area contributed by atoms with Crippen molar-refractivity contribution >= 4 is 5.96 Å². The molecule has 0 aromatic heterocycles. The molecule has 1 rings (SSSR count). The summed E-state index contributed by atoms with van der Waals surface area (Å²) in [6.45, 7) is 6.56. The van der Waals surface area contributed by atoms with Crippen LogP contribution < -0.4 is 11.1 Å². The number of guanidine groups is 1. The molecule has 1 aromatic carbocycles. The van der Waals surface area contributed by atoms with Gasteiger partial charge < -0.3 is 15.8 Å². The lowest BCUT2D eigenvalue weighted by atomic mass is 10.2. The molecule has 4 nitrogen and oxygen atoms in total. The highest BCUT2D eigenvalue weighted by molar-refractivity contribution is 5.78. The average molecular weight is 291 g/mol. The van der Waals surface area contributed by atoms with Gasteiger partial charge in [0.15, 0.2) is 5.96 Å². The molecule has 0 heterocycles. The largest absolute Gasteiger partial charge is 0.381 e. The van der Waals surface area contributed by atoms with Crippen molar-refractivity contribution < 1.29 is 4.74 Å². The summed E-state index contributed by atoms with van der Waals surface area (Å²) in [5.41, 5.74) is 7.11. The number of aliphatic imine (C=N–C) groups is 1. The Balaban J connectivity index is 1.96. The van der Waals surface area contributed by atoms with Crippen LogP contribution in [0.5, 0.6) is 0 Å². The van der Waals surface area contributed by atoms with Crippen molar-refractivity contribution in [2.45, 2.75) is 45.6 Å². The molecule has 0 aliphatic heterocycles. The summed E-state index contributed by atoms with van der Waals surface area (Å²) >= 11 is 0. The topological polar surface area (TPSA) is 59.6 Å². The van der Waals surface area contributed by atoms with Gasteiger partial charge in [-0.15, -0.1) is 0 Å². The molecular formula is C17H29N3O. The number of rotatable bonds is 10. The summed E-state index contributed by atoms with van der Waals surface area (Å²) in [7, 11) is 0. The normalized spacial score (nSPS) is 13.1. The van der Waals surface area contributed by atoms with Crippen LogP contribution in [0.1, 0.15) is 38.7 Å². The minimum absolute atomic E-state index is 0.384. The summed E-state index contributed by atoms with van der Waals surface area (Å²) in [4.78, 5) is 4.31. The Morgan fingerprint density at radius 3 is 2.71 bits per heavy atom. The SMILES string of the molecule is CCC(C)NC(N)=NCCCCOCCc1ccccc1. The van der Waals surface area contributed by atoms with Crippen LogP contribution in [0.3, 0.4) is 0 Å². The number of nitrogens with two attached hydrogens (primary N) is 1.